The molecule has 0 saturated carbocycles. The third kappa shape index (κ3) is 5.22. The van der Waals surface area contributed by atoms with E-state index in [1.54, 1.807) is 18.0 Å². The number of urea groups is 1. The number of piperidine rings is 1. The normalized spacial score (nSPS) is 14.6. The van der Waals surface area contributed by atoms with Gasteiger partial charge in [0.05, 0.1) is 19.3 Å². The van der Waals surface area contributed by atoms with Crippen molar-refractivity contribution >= 4 is 12.1 Å². The maximum atomic E-state index is 12.1. The number of hydrogen-bond acceptors (Lipinski definition) is 5. The number of rotatable bonds is 5. The van der Waals surface area contributed by atoms with Crippen molar-refractivity contribution in [3.63, 3.8) is 0 Å². The van der Waals surface area contributed by atoms with Crippen LogP contribution in [0.3, 0.4) is 0 Å². The fourth-order valence-corrected chi connectivity index (χ4v) is 2.94. The number of nitrogens with zero attached hydrogens (tertiary/aromatic N) is 2. The van der Waals surface area contributed by atoms with Gasteiger partial charge in [0.2, 0.25) is 5.89 Å². The highest BCUT2D eigenvalue weighted by Crippen LogP contribution is 2.19. The first-order chi connectivity index (χ1) is 13.2. The smallest absolute Gasteiger partial charge is 0.409 e. The van der Waals surface area contributed by atoms with Gasteiger partial charge in [-0.15, -0.1) is 0 Å². The third-order valence-electron chi connectivity index (χ3n) is 4.37. The predicted molar refractivity (Wildman–Crippen MR) is 98.9 cm³/mol. The Balaban J connectivity index is 1.41. The van der Waals surface area contributed by atoms with Crippen LogP contribution in [0, 0.1) is 0 Å². The van der Waals surface area contributed by atoms with Gasteiger partial charge in [-0.3, -0.25) is 0 Å². The van der Waals surface area contributed by atoms with E-state index in [0.29, 0.717) is 44.2 Å². The van der Waals surface area contributed by atoms with Crippen LogP contribution in [-0.4, -0.2) is 47.7 Å². The Bertz CT molecular complexity index is 754. The lowest BCUT2D eigenvalue weighted by molar-refractivity contribution is 0.0957. The summed E-state index contributed by atoms with van der Waals surface area (Å²) in [5, 5.41) is 5.67. The van der Waals surface area contributed by atoms with Gasteiger partial charge >= 0.3 is 12.1 Å². The molecular weight excluding hydrogens is 348 g/mol. The second-order valence-corrected chi connectivity index (χ2v) is 6.27. The molecule has 2 heterocycles. The molecule has 0 radical (unpaired) electrons. The highest BCUT2D eigenvalue weighted by molar-refractivity contribution is 5.74. The Kier molecular flexibility index (Phi) is 6.30. The van der Waals surface area contributed by atoms with Crippen molar-refractivity contribution in [1.29, 1.82) is 0 Å². The van der Waals surface area contributed by atoms with Crippen molar-refractivity contribution < 1.29 is 18.7 Å². The molecule has 0 bridgehead atoms. The molecule has 1 fully saturated rings. The number of carbonyl (C=O) groups excluding carboxylic acids is 2. The maximum absolute atomic E-state index is 12.1. The summed E-state index contributed by atoms with van der Waals surface area (Å²) >= 11 is 0. The van der Waals surface area contributed by atoms with E-state index in [-0.39, 0.29) is 24.7 Å². The fraction of sp³-hybridized carbons (Fsp3) is 0.421. The minimum absolute atomic E-state index is 0.0279. The summed E-state index contributed by atoms with van der Waals surface area (Å²) in [4.78, 5) is 29.6. The number of likely N-dealkylation sites (tertiary alicyclic amines) is 1. The molecule has 1 aromatic heterocycles. The van der Waals surface area contributed by atoms with Crippen LogP contribution in [-0.2, 0) is 11.3 Å². The molecule has 0 unspecified atom stereocenters. The molecule has 1 aliphatic heterocycles. The Morgan fingerprint density at radius 1 is 1.26 bits per heavy atom. The van der Waals surface area contributed by atoms with Gasteiger partial charge in [0.15, 0.2) is 5.76 Å². The average Bonchev–Trinajstić information content (AvgIpc) is 3.17. The highest BCUT2D eigenvalue weighted by atomic mass is 16.6. The lowest BCUT2D eigenvalue weighted by atomic mass is 10.1. The van der Waals surface area contributed by atoms with Gasteiger partial charge in [-0.2, -0.15) is 0 Å². The van der Waals surface area contributed by atoms with E-state index in [1.165, 1.54) is 0 Å². The SMILES string of the molecule is CCOC(=O)N1CCC(NC(=O)NCc2ncc(-c3ccccc3)o2)CC1. The van der Waals surface area contributed by atoms with Crippen molar-refractivity contribution in [2.45, 2.75) is 32.4 Å². The topological polar surface area (TPSA) is 96.7 Å². The van der Waals surface area contributed by atoms with Crippen molar-refractivity contribution in [1.82, 2.24) is 20.5 Å². The number of ether oxygens (including phenoxy) is 1. The van der Waals surface area contributed by atoms with Gasteiger partial charge in [-0.1, -0.05) is 30.3 Å². The zero-order valence-electron chi connectivity index (χ0n) is 15.3. The van der Waals surface area contributed by atoms with Crippen LogP contribution in [0.5, 0.6) is 0 Å². The molecule has 1 aliphatic rings. The summed E-state index contributed by atoms with van der Waals surface area (Å²) in [5.74, 6) is 1.11. The molecule has 2 aromatic rings. The van der Waals surface area contributed by atoms with E-state index in [9.17, 15) is 9.59 Å². The average molecular weight is 372 g/mol. The predicted octanol–water partition coefficient (Wildman–Crippen LogP) is 2.76. The molecule has 27 heavy (non-hydrogen) atoms. The summed E-state index contributed by atoms with van der Waals surface area (Å²) in [5.41, 5.74) is 0.939. The van der Waals surface area contributed by atoms with Gasteiger partial charge < -0.3 is 24.7 Å². The largest absolute Gasteiger partial charge is 0.450 e. The van der Waals surface area contributed by atoms with E-state index in [1.807, 2.05) is 30.3 Å². The van der Waals surface area contributed by atoms with Gasteiger partial charge in [0.25, 0.3) is 0 Å². The van der Waals surface area contributed by atoms with Gasteiger partial charge in [-0.25, -0.2) is 14.6 Å². The van der Waals surface area contributed by atoms with Crippen molar-refractivity contribution in [3.05, 3.63) is 42.4 Å². The van der Waals surface area contributed by atoms with Crippen LogP contribution in [0.4, 0.5) is 9.59 Å². The minimum atomic E-state index is -0.293. The Morgan fingerprint density at radius 2 is 2.00 bits per heavy atom. The first kappa shape index (κ1) is 18.8. The Morgan fingerprint density at radius 3 is 2.70 bits per heavy atom. The van der Waals surface area contributed by atoms with E-state index >= 15 is 0 Å². The van der Waals surface area contributed by atoms with Crippen LogP contribution in [0.25, 0.3) is 11.3 Å². The van der Waals surface area contributed by atoms with Crippen molar-refractivity contribution in [3.8, 4) is 11.3 Å². The first-order valence-electron chi connectivity index (χ1n) is 9.12. The van der Waals surface area contributed by atoms with Crippen LogP contribution in [0.15, 0.2) is 40.9 Å². The second kappa shape index (κ2) is 9.07. The van der Waals surface area contributed by atoms with Gasteiger partial charge in [-0.05, 0) is 19.8 Å². The molecule has 0 aliphatic carbocycles. The lowest BCUT2D eigenvalue weighted by Gasteiger charge is -2.31. The minimum Gasteiger partial charge on any atom is -0.450 e. The van der Waals surface area contributed by atoms with Crippen LogP contribution < -0.4 is 10.6 Å². The molecule has 1 saturated heterocycles. The molecule has 8 heteroatoms. The molecule has 3 amide bonds. The number of aromatic nitrogens is 1. The van der Waals surface area contributed by atoms with E-state index in [4.69, 9.17) is 9.15 Å². The second-order valence-electron chi connectivity index (χ2n) is 6.27. The third-order valence-corrected chi connectivity index (χ3v) is 4.37. The standard InChI is InChI=1S/C19H24N4O4/c1-2-26-19(25)23-10-8-15(9-11-23)22-18(24)21-13-17-20-12-16(27-17)14-6-4-3-5-7-14/h3-7,12,15H,2,8-11,13H2,1H3,(H2,21,22,24). The van der Waals surface area contributed by atoms with Crippen molar-refractivity contribution in [2.75, 3.05) is 19.7 Å². The van der Waals surface area contributed by atoms with E-state index in [2.05, 4.69) is 15.6 Å². The number of benzene rings is 1. The molecule has 1 aromatic carbocycles. The Hall–Kier alpha value is -3.03. The van der Waals surface area contributed by atoms with Gasteiger partial charge in [0.1, 0.15) is 0 Å². The number of oxazole rings is 1. The lowest BCUT2D eigenvalue weighted by Crippen LogP contribution is -2.49. The summed E-state index contributed by atoms with van der Waals surface area (Å²) in [6.45, 7) is 3.51. The van der Waals surface area contributed by atoms with Crippen LogP contribution in [0.1, 0.15) is 25.7 Å². The summed E-state index contributed by atoms with van der Waals surface area (Å²) < 4.78 is 10.7. The quantitative estimate of drug-likeness (QED) is 0.841. The first-order valence-corrected chi connectivity index (χ1v) is 9.12. The summed E-state index contributed by atoms with van der Waals surface area (Å²) in [6.07, 6.45) is 2.75. The molecular formula is C19H24N4O4. The van der Waals surface area contributed by atoms with E-state index in [0.717, 1.165) is 5.56 Å². The molecule has 2 N–H and O–H groups in total. The van der Waals surface area contributed by atoms with Crippen LogP contribution in [0.2, 0.25) is 0 Å². The highest BCUT2D eigenvalue weighted by Gasteiger charge is 2.24. The molecule has 0 spiro atoms. The molecule has 0 atom stereocenters. The van der Waals surface area contributed by atoms with E-state index < -0.39 is 0 Å². The zero-order chi connectivity index (χ0) is 19.1. The molecule has 144 valence electrons. The number of nitrogens with one attached hydrogen (secondary N) is 2. The maximum Gasteiger partial charge on any atom is 0.409 e. The zero-order valence-corrected chi connectivity index (χ0v) is 15.3. The number of hydrogen-bond donors (Lipinski definition) is 2. The monoisotopic (exact) mass is 372 g/mol. The number of amides is 3. The summed E-state index contributed by atoms with van der Waals surface area (Å²) in [6, 6.07) is 9.42. The molecule has 3 rings (SSSR count). The van der Waals surface area contributed by atoms with Crippen LogP contribution >= 0.6 is 0 Å². The van der Waals surface area contributed by atoms with Gasteiger partial charge in [0, 0.05) is 24.7 Å². The molecule has 8 nitrogen and oxygen atoms in total. The Labute approximate surface area is 157 Å². The fourth-order valence-electron chi connectivity index (χ4n) is 2.94. The van der Waals surface area contributed by atoms with Crippen molar-refractivity contribution in [2.24, 2.45) is 0 Å². The summed E-state index contributed by atoms with van der Waals surface area (Å²) in [7, 11) is 0. The number of carbonyl (C=O) groups is 2.